The van der Waals surface area contributed by atoms with Crippen LogP contribution in [-0.4, -0.2) is 20.4 Å². The van der Waals surface area contributed by atoms with Crippen molar-refractivity contribution in [3.63, 3.8) is 0 Å². The van der Waals surface area contributed by atoms with Crippen molar-refractivity contribution in [3.05, 3.63) is 34.6 Å². The SMILES string of the molecule is CC(C)(Nc1ncnc2ccc([N+](=O)[O-])cc12)C1CC1. The first-order valence-electron chi connectivity index (χ1n) is 6.65. The van der Waals surface area contributed by atoms with E-state index in [-0.39, 0.29) is 11.2 Å². The number of hydrogen-bond donors (Lipinski definition) is 1. The largest absolute Gasteiger partial charge is 0.364 e. The highest BCUT2D eigenvalue weighted by atomic mass is 16.6. The van der Waals surface area contributed by atoms with Gasteiger partial charge >= 0.3 is 0 Å². The first-order valence-corrected chi connectivity index (χ1v) is 6.65. The van der Waals surface area contributed by atoms with Crippen molar-refractivity contribution in [1.82, 2.24) is 9.97 Å². The van der Waals surface area contributed by atoms with Gasteiger partial charge in [-0.3, -0.25) is 10.1 Å². The summed E-state index contributed by atoms with van der Waals surface area (Å²) in [5.74, 6) is 1.29. The van der Waals surface area contributed by atoms with Gasteiger partial charge in [-0.25, -0.2) is 9.97 Å². The van der Waals surface area contributed by atoms with Crippen LogP contribution < -0.4 is 5.32 Å². The molecule has 0 saturated heterocycles. The molecule has 6 nitrogen and oxygen atoms in total. The molecule has 1 aromatic carbocycles. The summed E-state index contributed by atoms with van der Waals surface area (Å²) in [5.41, 5.74) is 0.700. The van der Waals surface area contributed by atoms with Crippen LogP contribution in [-0.2, 0) is 0 Å². The lowest BCUT2D eigenvalue weighted by molar-refractivity contribution is -0.384. The van der Waals surface area contributed by atoms with E-state index in [0.717, 1.165) is 0 Å². The molecule has 1 aliphatic carbocycles. The normalized spacial score (nSPS) is 15.3. The quantitative estimate of drug-likeness (QED) is 0.683. The summed E-state index contributed by atoms with van der Waals surface area (Å²) in [6.07, 6.45) is 3.91. The molecule has 0 atom stereocenters. The van der Waals surface area contributed by atoms with Crippen LogP contribution in [0, 0.1) is 16.0 Å². The fourth-order valence-corrected chi connectivity index (χ4v) is 2.47. The van der Waals surface area contributed by atoms with Crippen molar-refractivity contribution in [2.75, 3.05) is 5.32 Å². The van der Waals surface area contributed by atoms with Crippen molar-refractivity contribution >= 4 is 22.4 Å². The molecule has 6 heteroatoms. The number of nitrogens with zero attached hydrogens (tertiary/aromatic N) is 3. The molecule has 1 aromatic heterocycles. The molecular weight excluding hydrogens is 256 g/mol. The third kappa shape index (κ3) is 2.29. The lowest BCUT2D eigenvalue weighted by Crippen LogP contribution is -2.33. The molecule has 104 valence electrons. The lowest BCUT2D eigenvalue weighted by Gasteiger charge is -2.27. The molecule has 1 saturated carbocycles. The van der Waals surface area contributed by atoms with E-state index in [1.54, 1.807) is 6.07 Å². The smallest absolute Gasteiger partial charge is 0.270 e. The summed E-state index contributed by atoms with van der Waals surface area (Å²) in [4.78, 5) is 18.9. The zero-order chi connectivity index (χ0) is 14.3. The summed E-state index contributed by atoms with van der Waals surface area (Å²) in [7, 11) is 0. The van der Waals surface area contributed by atoms with Gasteiger partial charge in [-0.1, -0.05) is 0 Å². The van der Waals surface area contributed by atoms with Gasteiger partial charge < -0.3 is 5.32 Å². The Morgan fingerprint density at radius 1 is 1.35 bits per heavy atom. The van der Waals surface area contributed by atoms with Gasteiger partial charge in [-0.05, 0) is 38.7 Å². The standard InChI is InChI=1S/C14H16N4O2/c1-14(2,9-3-4-9)17-13-11-7-10(18(19)20)5-6-12(11)15-8-16-13/h5-9H,3-4H2,1-2H3,(H,15,16,17). The fraction of sp³-hybridized carbons (Fsp3) is 0.429. The third-order valence-corrected chi connectivity index (χ3v) is 3.87. The van der Waals surface area contributed by atoms with E-state index in [2.05, 4.69) is 29.1 Å². The Kier molecular flexibility index (Phi) is 2.81. The summed E-state index contributed by atoms with van der Waals surface area (Å²) < 4.78 is 0. The van der Waals surface area contributed by atoms with E-state index in [1.165, 1.54) is 31.3 Å². The van der Waals surface area contributed by atoms with Gasteiger partial charge in [0.25, 0.3) is 5.69 Å². The summed E-state index contributed by atoms with van der Waals surface area (Å²) in [6.45, 7) is 4.27. The number of hydrogen-bond acceptors (Lipinski definition) is 5. The first-order chi connectivity index (χ1) is 9.47. The molecule has 3 rings (SSSR count). The maximum atomic E-state index is 10.9. The molecule has 20 heavy (non-hydrogen) atoms. The van der Waals surface area contributed by atoms with Crippen LogP contribution in [0.5, 0.6) is 0 Å². The minimum absolute atomic E-state index is 0.0552. The molecule has 0 spiro atoms. The van der Waals surface area contributed by atoms with Crippen LogP contribution in [0.4, 0.5) is 11.5 Å². The first kappa shape index (κ1) is 12.8. The summed E-state index contributed by atoms with van der Waals surface area (Å²) >= 11 is 0. The minimum Gasteiger partial charge on any atom is -0.364 e. The number of nitro groups is 1. The van der Waals surface area contributed by atoms with Crippen LogP contribution >= 0.6 is 0 Å². The predicted molar refractivity (Wildman–Crippen MR) is 76.6 cm³/mol. The Bertz CT molecular complexity index is 680. The molecule has 1 fully saturated rings. The van der Waals surface area contributed by atoms with Gasteiger partial charge in [-0.2, -0.15) is 0 Å². The topological polar surface area (TPSA) is 81.0 Å². The molecule has 0 bridgehead atoms. The number of rotatable bonds is 4. The Morgan fingerprint density at radius 3 is 2.75 bits per heavy atom. The zero-order valence-corrected chi connectivity index (χ0v) is 11.5. The van der Waals surface area contributed by atoms with Crippen molar-refractivity contribution in [2.24, 2.45) is 5.92 Å². The Balaban J connectivity index is 2.05. The van der Waals surface area contributed by atoms with Crippen LogP contribution in [0.15, 0.2) is 24.5 Å². The van der Waals surface area contributed by atoms with E-state index in [4.69, 9.17) is 0 Å². The van der Waals surface area contributed by atoms with E-state index in [9.17, 15) is 10.1 Å². The van der Waals surface area contributed by atoms with Crippen molar-refractivity contribution in [2.45, 2.75) is 32.2 Å². The Labute approximate surface area is 116 Å². The zero-order valence-electron chi connectivity index (χ0n) is 11.5. The van der Waals surface area contributed by atoms with Crippen LogP contribution in [0.1, 0.15) is 26.7 Å². The van der Waals surface area contributed by atoms with Gasteiger partial charge in [0.2, 0.25) is 0 Å². The fourth-order valence-electron chi connectivity index (χ4n) is 2.47. The predicted octanol–water partition coefficient (Wildman–Crippen LogP) is 3.14. The van der Waals surface area contributed by atoms with E-state index < -0.39 is 4.92 Å². The molecule has 2 aromatic rings. The number of fused-ring (bicyclic) bond motifs is 1. The number of non-ortho nitro benzene ring substituents is 1. The highest BCUT2D eigenvalue weighted by Crippen LogP contribution is 2.41. The number of benzene rings is 1. The van der Waals surface area contributed by atoms with Crippen molar-refractivity contribution < 1.29 is 4.92 Å². The number of aromatic nitrogens is 2. The van der Waals surface area contributed by atoms with Gasteiger partial charge in [0.15, 0.2) is 0 Å². The molecule has 0 aliphatic heterocycles. The highest BCUT2D eigenvalue weighted by Gasteiger charge is 2.38. The number of nitrogens with one attached hydrogen (secondary N) is 1. The second kappa shape index (κ2) is 4.40. The Morgan fingerprint density at radius 2 is 2.10 bits per heavy atom. The molecule has 0 radical (unpaired) electrons. The molecule has 1 N–H and O–H groups in total. The third-order valence-electron chi connectivity index (χ3n) is 3.87. The molecule has 0 amide bonds. The van der Waals surface area contributed by atoms with Crippen LogP contribution in [0.25, 0.3) is 10.9 Å². The average molecular weight is 272 g/mol. The van der Waals surface area contributed by atoms with E-state index in [0.29, 0.717) is 22.6 Å². The maximum Gasteiger partial charge on any atom is 0.270 e. The summed E-state index contributed by atoms with van der Waals surface area (Å²) in [6, 6.07) is 4.65. The highest BCUT2D eigenvalue weighted by molar-refractivity contribution is 5.90. The molecule has 1 aliphatic rings. The van der Waals surface area contributed by atoms with Crippen molar-refractivity contribution in [3.8, 4) is 0 Å². The minimum atomic E-state index is -0.401. The molecule has 1 heterocycles. The maximum absolute atomic E-state index is 10.9. The van der Waals surface area contributed by atoms with Gasteiger partial charge in [0, 0.05) is 23.1 Å². The van der Waals surface area contributed by atoms with Crippen LogP contribution in [0.3, 0.4) is 0 Å². The second-order valence-electron chi connectivity index (χ2n) is 5.80. The summed E-state index contributed by atoms with van der Waals surface area (Å²) in [5, 5.41) is 15.0. The number of nitro benzene ring substituents is 1. The van der Waals surface area contributed by atoms with E-state index in [1.807, 2.05) is 0 Å². The van der Waals surface area contributed by atoms with Gasteiger partial charge in [0.1, 0.15) is 12.1 Å². The monoisotopic (exact) mass is 272 g/mol. The van der Waals surface area contributed by atoms with Crippen LogP contribution in [0.2, 0.25) is 0 Å². The van der Waals surface area contributed by atoms with E-state index >= 15 is 0 Å². The number of anilines is 1. The van der Waals surface area contributed by atoms with Gasteiger partial charge in [-0.15, -0.1) is 0 Å². The molecular formula is C14H16N4O2. The molecule has 0 unspecified atom stereocenters. The van der Waals surface area contributed by atoms with Crippen molar-refractivity contribution in [1.29, 1.82) is 0 Å². The van der Waals surface area contributed by atoms with Gasteiger partial charge in [0.05, 0.1) is 10.4 Å². The lowest BCUT2D eigenvalue weighted by atomic mass is 9.98. The second-order valence-corrected chi connectivity index (χ2v) is 5.80. The average Bonchev–Trinajstić information content (AvgIpc) is 3.23. The Hall–Kier alpha value is -2.24.